The summed E-state index contributed by atoms with van der Waals surface area (Å²) in [5.41, 5.74) is 2.20. The Morgan fingerprint density at radius 2 is 2.00 bits per heavy atom. The number of aromatic nitrogens is 2. The second-order valence-electron chi connectivity index (χ2n) is 4.98. The van der Waals surface area contributed by atoms with Gasteiger partial charge in [-0.25, -0.2) is 4.98 Å². The lowest BCUT2D eigenvalue weighted by molar-refractivity contribution is 0.334. The maximum Gasteiger partial charge on any atom is 0.125 e. The molecule has 1 aromatic heterocycles. The highest BCUT2D eigenvalue weighted by Crippen LogP contribution is 2.31. The first-order chi connectivity index (χ1) is 9.12. The molecule has 0 radical (unpaired) electrons. The van der Waals surface area contributed by atoms with E-state index in [1.807, 2.05) is 12.1 Å². The molecule has 0 N–H and O–H groups in total. The quantitative estimate of drug-likeness (QED) is 0.652. The average molecular weight is 344 g/mol. The Labute approximate surface area is 128 Å². The fourth-order valence-corrected chi connectivity index (χ4v) is 3.38. The van der Waals surface area contributed by atoms with Gasteiger partial charge in [-0.1, -0.05) is 42.6 Å². The minimum atomic E-state index is 0.419. The zero-order valence-electron chi connectivity index (χ0n) is 11.7. The van der Waals surface area contributed by atoms with Crippen LogP contribution in [-0.4, -0.2) is 9.55 Å². The Morgan fingerprint density at radius 3 is 2.58 bits per heavy atom. The van der Waals surface area contributed by atoms with Crippen LogP contribution in [0.15, 0.2) is 22.7 Å². The van der Waals surface area contributed by atoms with Gasteiger partial charge < -0.3 is 4.57 Å². The van der Waals surface area contributed by atoms with Gasteiger partial charge in [0.25, 0.3) is 0 Å². The molecule has 104 valence electrons. The normalized spacial score (nSPS) is 13.4. The van der Waals surface area contributed by atoms with Gasteiger partial charge in [0.05, 0.1) is 16.9 Å². The summed E-state index contributed by atoms with van der Waals surface area (Å²) in [7, 11) is 0. The van der Waals surface area contributed by atoms with E-state index < -0.39 is 0 Å². The molecule has 19 heavy (non-hydrogen) atoms. The first-order valence-electron chi connectivity index (χ1n) is 6.84. The van der Waals surface area contributed by atoms with Crippen LogP contribution < -0.4 is 0 Å². The third-order valence-electron chi connectivity index (χ3n) is 3.98. The summed E-state index contributed by atoms with van der Waals surface area (Å²) in [5.74, 6) is 2.07. The number of rotatable bonds is 5. The average Bonchev–Trinajstić information content (AvgIpc) is 2.77. The van der Waals surface area contributed by atoms with E-state index >= 15 is 0 Å². The van der Waals surface area contributed by atoms with E-state index in [2.05, 4.69) is 52.3 Å². The van der Waals surface area contributed by atoms with Crippen molar-refractivity contribution in [3.8, 4) is 0 Å². The maximum absolute atomic E-state index is 6.08. The van der Waals surface area contributed by atoms with Crippen LogP contribution >= 0.6 is 27.5 Å². The monoisotopic (exact) mass is 342 g/mol. The fourth-order valence-electron chi connectivity index (χ4n) is 2.85. The van der Waals surface area contributed by atoms with E-state index in [0.29, 0.717) is 17.8 Å². The van der Waals surface area contributed by atoms with E-state index in [4.69, 9.17) is 11.6 Å². The van der Waals surface area contributed by atoms with Crippen molar-refractivity contribution in [2.45, 2.75) is 45.5 Å². The molecule has 0 bridgehead atoms. The van der Waals surface area contributed by atoms with Crippen LogP contribution in [0.1, 0.15) is 45.5 Å². The Morgan fingerprint density at radius 1 is 1.32 bits per heavy atom. The first-order valence-corrected chi connectivity index (χ1v) is 8.17. The molecule has 0 saturated heterocycles. The van der Waals surface area contributed by atoms with Gasteiger partial charge in [0.1, 0.15) is 5.82 Å². The van der Waals surface area contributed by atoms with Crippen LogP contribution in [0.25, 0.3) is 11.0 Å². The van der Waals surface area contributed by atoms with Gasteiger partial charge in [0.2, 0.25) is 0 Å². The number of nitrogens with zero attached hydrogens (tertiary/aromatic N) is 2. The van der Waals surface area contributed by atoms with Crippen LogP contribution in [0.4, 0.5) is 0 Å². The Kier molecular flexibility index (Phi) is 4.91. The predicted octanol–water partition coefficient (Wildman–Crippen LogP) is 5.53. The summed E-state index contributed by atoms with van der Waals surface area (Å²) in [4.78, 5) is 4.65. The summed E-state index contributed by atoms with van der Waals surface area (Å²) in [5, 5.41) is 0. The first kappa shape index (κ1) is 14.9. The van der Waals surface area contributed by atoms with E-state index in [1.165, 1.54) is 18.4 Å². The van der Waals surface area contributed by atoms with Crippen molar-refractivity contribution < 1.29 is 0 Å². The molecular formula is C15H20BrClN2. The molecule has 2 nitrogen and oxygen atoms in total. The second kappa shape index (κ2) is 6.27. The third kappa shape index (κ3) is 2.82. The number of hydrogen-bond donors (Lipinski definition) is 0. The van der Waals surface area contributed by atoms with Crippen LogP contribution in [-0.2, 0) is 5.88 Å². The van der Waals surface area contributed by atoms with E-state index in [9.17, 15) is 0 Å². The molecule has 1 heterocycles. The van der Waals surface area contributed by atoms with Crippen LogP contribution in [0.2, 0.25) is 0 Å². The van der Waals surface area contributed by atoms with Crippen LogP contribution in [0, 0.1) is 5.92 Å². The fraction of sp³-hybridized carbons (Fsp3) is 0.533. The van der Waals surface area contributed by atoms with Crippen LogP contribution in [0.5, 0.6) is 0 Å². The molecule has 0 aliphatic carbocycles. The third-order valence-corrected chi connectivity index (χ3v) is 4.71. The van der Waals surface area contributed by atoms with Gasteiger partial charge in [-0.15, -0.1) is 11.6 Å². The zero-order valence-corrected chi connectivity index (χ0v) is 14.0. The summed E-state index contributed by atoms with van der Waals surface area (Å²) >= 11 is 9.63. The minimum absolute atomic E-state index is 0.419. The van der Waals surface area contributed by atoms with Gasteiger partial charge >= 0.3 is 0 Å². The minimum Gasteiger partial charge on any atom is -0.324 e. The number of imidazole rings is 1. The SMILES string of the molecule is CCC(CC)C(C)n1c(CCl)nc2ccc(Br)cc21. The topological polar surface area (TPSA) is 17.8 Å². The van der Waals surface area contributed by atoms with Gasteiger partial charge in [0, 0.05) is 10.5 Å². The summed E-state index contributed by atoms with van der Waals surface area (Å²) in [6.45, 7) is 6.77. The standard InChI is InChI=1S/C15H20BrClN2/c1-4-11(5-2)10(3)19-14-8-12(16)6-7-13(14)18-15(19)9-17/h6-8,10-11H,4-5,9H2,1-3H3. The molecule has 4 heteroatoms. The van der Waals surface area contributed by atoms with Crippen molar-refractivity contribution in [1.29, 1.82) is 0 Å². The van der Waals surface area contributed by atoms with Crippen LogP contribution in [0.3, 0.4) is 0 Å². The zero-order chi connectivity index (χ0) is 14.0. The number of fused-ring (bicyclic) bond motifs is 1. The summed E-state index contributed by atoms with van der Waals surface area (Å²) in [6, 6.07) is 6.63. The van der Waals surface area contributed by atoms with Crippen molar-refractivity contribution in [2.75, 3.05) is 0 Å². The largest absolute Gasteiger partial charge is 0.324 e. The smallest absolute Gasteiger partial charge is 0.125 e. The summed E-state index contributed by atoms with van der Waals surface area (Å²) < 4.78 is 3.39. The molecule has 0 fully saturated rings. The van der Waals surface area contributed by atoms with Crippen molar-refractivity contribution in [3.05, 3.63) is 28.5 Å². The van der Waals surface area contributed by atoms with Crippen molar-refractivity contribution in [1.82, 2.24) is 9.55 Å². The van der Waals surface area contributed by atoms with E-state index in [1.54, 1.807) is 0 Å². The lowest BCUT2D eigenvalue weighted by atomic mass is 9.95. The molecule has 0 spiro atoms. The highest BCUT2D eigenvalue weighted by Gasteiger charge is 2.21. The van der Waals surface area contributed by atoms with Crippen molar-refractivity contribution >= 4 is 38.6 Å². The predicted molar refractivity (Wildman–Crippen MR) is 85.8 cm³/mol. The Bertz CT molecular complexity index is 561. The maximum atomic E-state index is 6.08. The van der Waals surface area contributed by atoms with Gasteiger partial charge in [0.15, 0.2) is 0 Å². The molecule has 2 aromatic rings. The number of hydrogen-bond acceptors (Lipinski definition) is 1. The Hall–Kier alpha value is -0.540. The second-order valence-corrected chi connectivity index (χ2v) is 6.16. The van der Waals surface area contributed by atoms with Gasteiger partial charge in [-0.3, -0.25) is 0 Å². The van der Waals surface area contributed by atoms with Crippen molar-refractivity contribution in [2.24, 2.45) is 5.92 Å². The molecule has 1 unspecified atom stereocenters. The van der Waals surface area contributed by atoms with E-state index in [-0.39, 0.29) is 0 Å². The number of alkyl halides is 1. The molecular weight excluding hydrogens is 324 g/mol. The number of benzene rings is 1. The van der Waals surface area contributed by atoms with Gasteiger partial charge in [-0.2, -0.15) is 0 Å². The highest BCUT2D eigenvalue weighted by molar-refractivity contribution is 9.10. The molecule has 1 aromatic carbocycles. The molecule has 2 rings (SSSR count). The molecule has 0 saturated carbocycles. The number of halogens is 2. The molecule has 0 aliphatic rings. The Balaban J connectivity index is 2.59. The lowest BCUT2D eigenvalue weighted by Gasteiger charge is -2.25. The summed E-state index contributed by atoms with van der Waals surface area (Å²) in [6.07, 6.45) is 2.35. The lowest BCUT2D eigenvalue weighted by Crippen LogP contribution is -2.17. The molecule has 0 aliphatic heterocycles. The van der Waals surface area contributed by atoms with Gasteiger partial charge in [-0.05, 0) is 31.0 Å². The molecule has 0 amide bonds. The van der Waals surface area contributed by atoms with E-state index in [0.717, 1.165) is 15.8 Å². The van der Waals surface area contributed by atoms with Crippen molar-refractivity contribution in [3.63, 3.8) is 0 Å². The highest BCUT2D eigenvalue weighted by atomic mass is 79.9. The molecule has 1 atom stereocenters.